The van der Waals surface area contributed by atoms with Crippen molar-refractivity contribution < 1.29 is 56.2 Å². The third kappa shape index (κ3) is 22.1. The fraction of sp³-hybridized carbons (Fsp3) is 0.800. The molecule has 0 radical (unpaired) electrons. The summed E-state index contributed by atoms with van der Waals surface area (Å²) in [6.07, 6.45) is 19.3. The summed E-state index contributed by atoms with van der Waals surface area (Å²) in [5.41, 5.74) is 0. The van der Waals surface area contributed by atoms with Gasteiger partial charge in [0.25, 0.3) is 0 Å². The Bertz CT molecular complexity index is 1000. The highest BCUT2D eigenvalue weighted by Crippen LogP contribution is 2.26. The first-order chi connectivity index (χ1) is 23.1. The van der Waals surface area contributed by atoms with Crippen LogP contribution in [0.25, 0.3) is 0 Å². The first-order valence-corrected chi connectivity index (χ1v) is 19.1. The zero-order valence-corrected chi connectivity index (χ0v) is 29.8. The van der Waals surface area contributed by atoms with Crippen molar-refractivity contribution in [3.63, 3.8) is 0 Å². The van der Waals surface area contributed by atoms with E-state index in [1.807, 2.05) is 0 Å². The van der Waals surface area contributed by atoms with Gasteiger partial charge < -0.3 is 34.3 Å². The Kier molecular flexibility index (Phi) is 25.9. The molecule has 0 amide bonds. The molecule has 48 heavy (non-hydrogen) atoms. The standard InChI is InChI=1S/C35H62O12S/c1-3-5-7-9-11-12-13-14-15-16-17-18-19-20-22-24-31(37)45-29(27-43-25-23-21-10-8-6-4-2)28-44-35-33(39)34(47-48(40,41)42)32(38)30(26-36)46-35/h5,7,11-12,14-15,29-30,32-36,38-39H,3-4,6,8-10,13,16-28H2,1-2H3,(H,40,41,42)/b7-5-,12-11-,15-14-. The summed E-state index contributed by atoms with van der Waals surface area (Å²) in [4.78, 5) is 12.7. The lowest BCUT2D eigenvalue weighted by Crippen LogP contribution is -2.60. The van der Waals surface area contributed by atoms with Crippen LogP contribution in [0.2, 0.25) is 0 Å². The lowest BCUT2D eigenvalue weighted by Gasteiger charge is -2.41. The van der Waals surface area contributed by atoms with Gasteiger partial charge in [0.05, 0.1) is 19.8 Å². The van der Waals surface area contributed by atoms with E-state index in [-0.39, 0.29) is 19.6 Å². The molecule has 280 valence electrons. The lowest BCUT2D eigenvalue weighted by molar-refractivity contribution is -0.301. The van der Waals surface area contributed by atoms with Crippen molar-refractivity contribution in [2.45, 2.75) is 153 Å². The highest BCUT2D eigenvalue weighted by Gasteiger charge is 2.48. The van der Waals surface area contributed by atoms with Gasteiger partial charge in [0.15, 0.2) is 6.29 Å². The van der Waals surface area contributed by atoms with Crippen molar-refractivity contribution in [2.75, 3.05) is 26.4 Å². The quantitative estimate of drug-likeness (QED) is 0.0332. The monoisotopic (exact) mass is 706 g/mol. The molecule has 0 bridgehead atoms. The number of aliphatic hydroxyl groups excluding tert-OH is 3. The maximum absolute atomic E-state index is 12.7. The molecule has 1 heterocycles. The third-order valence-electron chi connectivity index (χ3n) is 7.78. The van der Waals surface area contributed by atoms with Crippen LogP contribution in [0.5, 0.6) is 0 Å². The zero-order chi connectivity index (χ0) is 35.5. The molecule has 0 aromatic heterocycles. The summed E-state index contributed by atoms with van der Waals surface area (Å²) < 4.78 is 58.4. The maximum Gasteiger partial charge on any atom is 0.397 e. The number of esters is 1. The number of carbonyl (C=O) groups is 1. The van der Waals surface area contributed by atoms with Gasteiger partial charge in [-0.05, 0) is 44.9 Å². The minimum atomic E-state index is -5.05. The molecule has 0 aromatic rings. The van der Waals surface area contributed by atoms with Crippen molar-refractivity contribution in [3.05, 3.63) is 36.5 Å². The number of hydrogen-bond donors (Lipinski definition) is 4. The van der Waals surface area contributed by atoms with Crippen molar-refractivity contribution in [1.82, 2.24) is 0 Å². The van der Waals surface area contributed by atoms with Gasteiger partial charge in [-0.25, -0.2) is 4.18 Å². The summed E-state index contributed by atoms with van der Waals surface area (Å²) in [5, 5.41) is 30.4. The Labute approximate surface area is 288 Å². The summed E-state index contributed by atoms with van der Waals surface area (Å²) in [5.74, 6) is -0.422. The summed E-state index contributed by atoms with van der Waals surface area (Å²) >= 11 is 0. The molecule has 4 N–H and O–H groups in total. The van der Waals surface area contributed by atoms with E-state index in [9.17, 15) is 28.5 Å². The minimum absolute atomic E-state index is 0.0275. The predicted octanol–water partition coefficient (Wildman–Crippen LogP) is 5.51. The van der Waals surface area contributed by atoms with Crippen LogP contribution in [-0.4, -0.2) is 97.5 Å². The second-order valence-electron chi connectivity index (χ2n) is 12.1. The normalized spacial score (nSPS) is 22.7. The molecule has 1 aliphatic rings. The van der Waals surface area contributed by atoms with Crippen molar-refractivity contribution in [1.29, 1.82) is 0 Å². The van der Waals surface area contributed by atoms with Crippen LogP contribution >= 0.6 is 0 Å². The molecule has 6 atom stereocenters. The van der Waals surface area contributed by atoms with Crippen molar-refractivity contribution >= 4 is 16.4 Å². The molecule has 0 saturated carbocycles. The Hall–Kier alpha value is -1.68. The fourth-order valence-corrected chi connectivity index (χ4v) is 5.60. The van der Waals surface area contributed by atoms with E-state index in [1.165, 1.54) is 12.8 Å². The molecule has 0 aromatic carbocycles. The number of allylic oxidation sites excluding steroid dienone is 6. The van der Waals surface area contributed by atoms with E-state index in [1.54, 1.807) is 0 Å². The first-order valence-electron chi connectivity index (χ1n) is 17.7. The van der Waals surface area contributed by atoms with Gasteiger partial charge in [-0.3, -0.25) is 9.35 Å². The highest BCUT2D eigenvalue weighted by atomic mass is 32.3. The van der Waals surface area contributed by atoms with Crippen LogP contribution < -0.4 is 0 Å². The molecule has 1 rings (SSSR count). The van der Waals surface area contributed by atoms with Gasteiger partial charge in [0.1, 0.15) is 30.5 Å². The Morgan fingerprint density at radius 1 is 0.812 bits per heavy atom. The second-order valence-corrected chi connectivity index (χ2v) is 13.1. The van der Waals surface area contributed by atoms with Crippen LogP contribution in [0, 0.1) is 0 Å². The number of aliphatic hydroxyl groups is 3. The largest absolute Gasteiger partial charge is 0.457 e. The van der Waals surface area contributed by atoms with Crippen LogP contribution in [0.3, 0.4) is 0 Å². The average molecular weight is 707 g/mol. The van der Waals surface area contributed by atoms with Crippen molar-refractivity contribution in [3.8, 4) is 0 Å². The van der Waals surface area contributed by atoms with Crippen LogP contribution in [-0.2, 0) is 38.3 Å². The Balaban J connectivity index is 2.51. The predicted molar refractivity (Wildman–Crippen MR) is 183 cm³/mol. The smallest absolute Gasteiger partial charge is 0.397 e. The summed E-state index contributed by atoms with van der Waals surface area (Å²) in [6.45, 7) is 3.75. The number of ether oxygens (including phenoxy) is 4. The number of unbranched alkanes of at least 4 members (excludes halogenated alkanes) is 10. The van der Waals surface area contributed by atoms with Gasteiger partial charge >= 0.3 is 16.4 Å². The van der Waals surface area contributed by atoms with E-state index in [4.69, 9.17) is 23.5 Å². The van der Waals surface area contributed by atoms with E-state index in [0.29, 0.717) is 13.0 Å². The van der Waals surface area contributed by atoms with Gasteiger partial charge in [0, 0.05) is 13.0 Å². The van der Waals surface area contributed by atoms with Crippen molar-refractivity contribution in [2.24, 2.45) is 0 Å². The van der Waals surface area contributed by atoms with E-state index in [2.05, 4.69) is 54.5 Å². The zero-order valence-electron chi connectivity index (χ0n) is 29.0. The number of hydrogen-bond acceptors (Lipinski definition) is 11. The first kappa shape index (κ1) is 44.3. The molecule has 1 fully saturated rings. The van der Waals surface area contributed by atoms with E-state index < -0.39 is 59.8 Å². The van der Waals surface area contributed by atoms with Gasteiger partial charge in [-0.15, -0.1) is 0 Å². The Morgan fingerprint density at radius 3 is 2.10 bits per heavy atom. The molecular weight excluding hydrogens is 644 g/mol. The molecule has 1 aliphatic heterocycles. The van der Waals surface area contributed by atoms with E-state index in [0.717, 1.165) is 77.0 Å². The van der Waals surface area contributed by atoms with Gasteiger partial charge in [0.2, 0.25) is 0 Å². The van der Waals surface area contributed by atoms with Gasteiger partial charge in [-0.2, -0.15) is 8.42 Å². The molecular formula is C35H62O12S. The van der Waals surface area contributed by atoms with Crippen LogP contribution in [0.1, 0.15) is 117 Å². The van der Waals surface area contributed by atoms with Crippen LogP contribution in [0.4, 0.5) is 0 Å². The second kappa shape index (κ2) is 28.1. The Morgan fingerprint density at radius 2 is 1.44 bits per heavy atom. The highest BCUT2D eigenvalue weighted by molar-refractivity contribution is 7.80. The SMILES string of the molecule is CC/C=C\C/C=C\C/C=C\CCCCCCCC(=O)OC(COCCCCCCCC)COC1OC(CO)C(O)C(OS(=O)(=O)O)C1O. The number of rotatable bonds is 29. The fourth-order valence-electron chi connectivity index (χ4n) is 5.10. The van der Waals surface area contributed by atoms with Gasteiger partial charge in [-0.1, -0.05) is 102 Å². The average Bonchev–Trinajstić information content (AvgIpc) is 3.05. The topological polar surface area (TPSA) is 178 Å². The molecule has 0 spiro atoms. The molecule has 12 nitrogen and oxygen atoms in total. The minimum Gasteiger partial charge on any atom is -0.457 e. The molecule has 1 saturated heterocycles. The lowest BCUT2D eigenvalue weighted by atomic mass is 9.99. The molecule has 13 heteroatoms. The summed E-state index contributed by atoms with van der Waals surface area (Å²) in [6, 6.07) is 0. The summed E-state index contributed by atoms with van der Waals surface area (Å²) in [7, 11) is -5.05. The molecule has 0 aliphatic carbocycles. The van der Waals surface area contributed by atoms with Crippen LogP contribution in [0.15, 0.2) is 36.5 Å². The number of carbonyl (C=O) groups excluding carboxylic acids is 1. The third-order valence-corrected chi connectivity index (χ3v) is 8.24. The molecule has 6 unspecified atom stereocenters. The van der Waals surface area contributed by atoms with E-state index >= 15 is 0 Å². The maximum atomic E-state index is 12.7.